The Balaban J connectivity index is 2.00. The van der Waals surface area contributed by atoms with Crippen molar-refractivity contribution in [1.29, 1.82) is 10.5 Å². The Morgan fingerprint density at radius 1 is 1.19 bits per heavy atom. The van der Waals surface area contributed by atoms with Crippen LogP contribution in [0.15, 0.2) is 22.1 Å². The second-order valence-corrected chi connectivity index (χ2v) is 5.55. The van der Waals surface area contributed by atoms with Gasteiger partial charge < -0.3 is 13.9 Å². The normalized spacial score (nSPS) is 12.3. The smallest absolute Gasteiger partial charge is 0.183 e. The molecule has 6 heteroatoms. The molecule has 2 aromatic rings. The highest BCUT2D eigenvalue weighted by molar-refractivity contribution is 7.16. The van der Waals surface area contributed by atoms with Crippen LogP contribution in [0.1, 0.15) is 10.6 Å². The lowest BCUT2D eigenvalue weighted by atomic mass is 10.2. The maximum atomic E-state index is 8.76. The summed E-state index contributed by atoms with van der Waals surface area (Å²) in [5.74, 6) is 2.56. The third-order valence-electron chi connectivity index (χ3n) is 2.94. The van der Waals surface area contributed by atoms with E-state index in [1.807, 2.05) is 6.92 Å². The van der Waals surface area contributed by atoms with Gasteiger partial charge in [0.05, 0.1) is 0 Å². The second kappa shape index (κ2) is 5.35. The van der Waals surface area contributed by atoms with Gasteiger partial charge in [-0.05, 0) is 19.1 Å². The molecule has 0 radical (unpaired) electrons. The van der Waals surface area contributed by atoms with E-state index in [2.05, 4.69) is 0 Å². The molecule has 0 unspecified atom stereocenters. The molecule has 0 N–H and O–H groups in total. The predicted octanol–water partition coefficient (Wildman–Crippen LogP) is 3.52. The first-order valence-corrected chi connectivity index (χ1v) is 7.05. The maximum Gasteiger partial charge on any atom is 0.183 e. The van der Waals surface area contributed by atoms with Crippen LogP contribution in [-0.4, -0.2) is 13.2 Å². The lowest BCUT2D eigenvalue weighted by Gasteiger charge is -2.16. The Hall–Kier alpha value is -2.70. The van der Waals surface area contributed by atoms with Gasteiger partial charge in [-0.25, -0.2) is 0 Å². The standard InChI is InChI=1S/C15H10N2O3S/c1-9-13-14(19-5-4-18-13)15(21-9)12-3-2-11(20-12)6-10(7-16)8-17/h2-3,6H,4-5H2,1H3. The summed E-state index contributed by atoms with van der Waals surface area (Å²) in [5, 5.41) is 17.5. The fourth-order valence-electron chi connectivity index (χ4n) is 2.04. The summed E-state index contributed by atoms with van der Waals surface area (Å²) >= 11 is 1.53. The van der Waals surface area contributed by atoms with Crippen LogP contribution in [0.5, 0.6) is 11.5 Å². The molecule has 3 heterocycles. The Morgan fingerprint density at radius 2 is 1.90 bits per heavy atom. The highest BCUT2D eigenvalue weighted by Crippen LogP contribution is 2.49. The molecule has 0 aliphatic carbocycles. The average molecular weight is 298 g/mol. The molecule has 5 nitrogen and oxygen atoms in total. The van der Waals surface area contributed by atoms with E-state index in [0.29, 0.717) is 30.5 Å². The first kappa shape index (κ1) is 13.3. The van der Waals surface area contributed by atoms with Gasteiger partial charge in [0, 0.05) is 11.0 Å². The van der Waals surface area contributed by atoms with E-state index in [9.17, 15) is 0 Å². The van der Waals surface area contributed by atoms with Crippen molar-refractivity contribution in [2.75, 3.05) is 13.2 Å². The van der Waals surface area contributed by atoms with E-state index in [4.69, 9.17) is 24.4 Å². The average Bonchev–Trinajstić information content (AvgIpc) is 3.10. The van der Waals surface area contributed by atoms with Crippen LogP contribution in [0.3, 0.4) is 0 Å². The van der Waals surface area contributed by atoms with Crippen LogP contribution < -0.4 is 9.47 Å². The van der Waals surface area contributed by atoms with Crippen molar-refractivity contribution in [1.82, 2.24) is 0 Å². The van der Waals surface area contributed by atoms with Gasteiger partial charge >= 0.3 is 0 Å². The molecule has 3 rings (SSSR count). The van der Waals surface area contributed by atoms with E-state index in [1.54, 1.807) is 24.3 Å². The molecule has 0 atom stereocenters. The van der Waals surface area contributed by atoms with Gasteiger partial charge in [-0.15, -0.1) is 11.3 Å². The molecule has 0 amide bonds. The highest BCUT2D eigenvalue weighted by Gasteiger charge is 2.24. The van der Waals surface area contributed by atoms with E-state index in [-0.39, 0.29) is 5.57 Å². The minimum absolute atomic E-state index is 0.000118. The Labute approximate surface area is 125 Å². The topological polar surface area (TPSA) is 79.2 Å². The van der Waals surface area contributed by atoms with Crippen molar-refractivity contribution < 1.29 is 13.9 Å². The zero-order valence-corrected chi connectivity index (χ0v) is 12.0. The molecule has 1 aliphatic rings. The monoisotopic (exact) mass is 298 g/mol. The molecule has 1 aliphatic heterocycles. The summed E-state index contributed by atoms with van der Waals surface area (Å²) in [6.07, 6.45) is 1.41. The second-order valence-electron chi connectivity index (χ2n) is 4.33. The van der Waals surface area contributed by atoms with E-state index in [0.717, 1.165) is 15.5 Å². The van der Waals surface area contributed by atoms with E-state index < -0.39 is 0 Å². The lowest BCUT2D eigenvalue weighted by molar-refractivity contribution is 0.173. The number of nitrogens with zero attached hydrogens (tertiary/aromatic N) is 2. The summed E-state index contributed by atoms with van der Waals surface area (Å²) in [6, 6.07) is 7.11. The van der Waals surface area contributed by atoms with Crippen LogP contribution in [0.25, 0.3) is 16.7 Å². The van der Waals surface area contributed by atoms with Gasteiger partial charge in [-0.3, -0.25) is 0 Å². The summed E-state index contributed by atoms with van der Waals surface area (Å²) in [6.45, 7) is 3.02. The zero-order chi connectivity index (χ0) is 14.8. The summed E-state index contributed by atoms with van der Waals surface area (Å²) < 4.78 is 17.0. The number of nitriles is 2. The zero-order valence-electron chi connectivity index (χ0n) is 11.2. The van der Waals surface area contributed by atoms with Gasteiger partial charge in [0.15, 0.2) is 11.5 Å². The van der Waals surface area contributed by atoms with E-state index in [1.165, 1.54) is 17.4 Å². The van der Waals surface area contributed by atoms with E-state index >= 15 is 0 Å². The van der Waals surface area contributed by atoms with Gasteiger partial charge in [-0.1, -0.05) is 0 Å². The first-order chi connectivity index (χ1) is 10.2. The van der Waals surface area contributed by atoms with Crippen LogP contribution in [0.2, 0.25) is 0 Å². The van der Waals surface area contributed by atoms with Gasteiger partial charge in [0.1, 0.15) is 47.3 Å². The largest absolute Gasteiger partial charge is 0.485 e. The third-order valence-corrected chi connectivity index (χ3v) is 4.02. The van der Waals surface area contributed by atoms with Crippen molar-refractivity contribution in [2.24, 2.45) is 0 Å². The van der Waals surface area contributed by atoms with Crippen LogP contribution in [0.4, 0.5) is 0 Å². The van der Waals surface area contributed by atoms with Gasteiger partial charge in [-0.2, -0.15) is 10.5 Å². The molecule has 0 bridgehead atoms. The molecule has 0 aromatic carbocycles. The minimum Gasteiger partial charge on any atom is -0.485 e. The summed E-state index contributed by atoms with van der Waals surface area (Å²) in [5.41, 5.74) is -0.000118. The Bertz CT molecular complexity index is 786. The van der Waals surface area contributed by atoms with Crippen molar-refractivity contribution >= 4 is 17.4 Å². The summed E-state index contributed by atoms with van der Waals surface area (Å²) in [7, 11) is 0. The fourth-order valence-corrected chi connectivity index (χ4v) is 3.05. The van der Waals surface area contributed by atoms with Crippen molar-refractivity contribution in [2.45, 2.75) is 6.92 Å². The van der Waals surface area contributed by atoms with Crippen molar-refractivity contribution in [3.05, 3.63) is 28.3 Å². The Morgan fingerprint density at radius 3 is 2.62 bits per heavy atom. The van der Waals surface area contributed by atoms with Crippen LogP contribution in [0, 0.1) is 29.6 Å². The molecule has 104 valence electrons. The number of thiophene rings is 1. The van der Waals surface area contributed by atoms with Gasteiger partial charge in [0.2, 0.25) is 0 Å². The van der Waals surface area contributed by atoms with Crippen molar-refractivity contribution in [3.63, 3.8) is 0 Å². The number of ether oxygens (including phenoxy) is 2. The molecular formula is C15H10N2O3S. The molecule has 0 spiro atoms. The molecule has 0 fully saturated rings. The number of rotatable bonds is 2. The van der Waals surface area contributed by atoms with Crippen LogP contribution >= 0.6 is 11.3 Å². The number of hydrogen-bond acceptors (Lipinski definition) is 6. The minimum atomic E-state index is -0.000118. The number of fused-ring (bicyclic) bond motifs is 1. The Kier molecular flexibility index (Phi) is 3.39. The predicted molar refractivity (Wildman–Crippen MR) is 77.0 cm³/mol. The fraction of sp³-hybridized carbons (Fsp3) is 0.200. The van der Waals surface area contributed by atoms with Crippen molar-refractivity contribution in [3.8, 4) is 34.3 Å². The lowest BCUT2D eigenvalue weighted by Crippen LogP contribution is -2.14. The quantitative estimate of drug-likeness (QED) is 0.792. The maximum absolute atomic E-state index is 8.76. The van der Waals surface area contributed by atoms with Gasteiger partial charge in [0.25, 0.3) is 0 Å². The number of aryl methyl sites for hydroxylation is 1. The first-order valence-electron chi connectivity index (χ1n) is 6.24. The van der Waals surface area contributed by atoms with Crippen LogP contribution in [-0.2, 0) is 0 Å². The number of allylic oxidation sites excluding steroid dienone is 1. The summed E-state index contributed by atoms with van der Waals surface area (Å²) in [4.78, 5) is 1.89. The molecule has 2 aromatic heterocycles. The molecular weight excluding hydrogens is 288 g/mol. The highest BCUT2D eigenvalue weighted by atomic mass is 32.1. The number of hydrogen-bond donors (Lipinski definition) is 0. The molecule has 0 saturated heterocycles. The molecule has 0 saturated carbocycles. The third kappa shape index (κ3) is 2.37. The number of furan rings is 1. The molecule has 21 heavy (non-hydrogen) atoms. The SMILES string of the molecule is Cc1sc(-c2ccc(C=C(C#N)C#N)o2)c2c1OCCO2.